The Kier molecular flexibility index (Phi) is 4440. The number of halogens is 3. The predicted molar refractivity (Wildman–Crippen MR) is 11.4 cm³/mol. The van der Waals surface area contributed by atoms with Crippen molar-refractivity contribution in [3.8, 4) is 0 Å². The zero-order valence-electron chi connectivity index (χ0n) is 3.28. The second-order valence-corrected chi connectivity index (χ2v) is 0. The van der Waals surface area contributed by atoms with Gasteiger partial charge >= 0.3 is 19.5 Å². The summed E-state index contributed by atoms with van der Waals surface area (Å²) in [7, 11) is 0. The van der Waals surface area contributed by atoms with Crippen LogP contribution in [0.15, 0.2) is 0 Å². The standard InChI is InChI=1S/2CO.3ClH.Rh/c2*1-2;;;;/h;;3*1H;/q;;;;;+3/p-3. The summed E-state index contributed by atoms with van der Waals surface area (Å²) in [4.78, 5) is 15.0. The summed E-state index contributed by atoms with van der Waals surface area (Å²) in [5, 5.41) is 0. The van der Waals surface area contributed by atoms with Crippen molar-refractivity contribution >= 4 is 13.6 Å². The van der Waals surface area contributed by atoms with Gasteiger partial charge in [-0.25, -0.2) is 0 Å². The molecule has 0 heterocycles. The van der Waals surface area contributed by atoms with Crippen molar-refractivity contribution in [3.05, 3.63) is 0 Å². The van der Waals surface area contributed by atoms with Gasteiger partial charge in [-0.2, -0.15) is 0 Å². The topological polar surface area (TPSA) is 34.1 Å². The van der Waals surface area contributed by atoms with Crippen LogP contribution in [0.3, 0.4) is 0 Å². The van der Waals surface area contributed by atoms with E-state index >= 15 is 0 Å². The molecule has 4 radical (unpaired) electrons. The van der Waals surface area contributed by atoms with Crippen LogP contribution in [0.1, 0.15) is 0 Å². The summed E-state index contributed by atoms with van der Waals surface area (Å²) in [6.45, 7) is 9.00. The average molecular weight is 265 g/mol. The predicted octanol–water partition coefficient (Wildman–Crippen LogP) is -9.78. The number of carbonyl (C=O) groups excluding carboxylic acids is 2. The molecule has 0 aliphatic heterocycles. The van der Waals surface area contributed by atoms with Gasteiger partial charge in [-0.15, -0.1) is 0 Å². The number of hydrogen-bond donors (Lipinski definition) is 0. The zero-order valence-corrected chi connectivity index (χ0v) is 7.19. The van der Waals surface area contributed by atoms with E-state index in [0.717, 1.165) is 0 Å². The maximum atomic E-state index is 7.50. The van der Waals surface area contributed by atoms with Crippen LogP contribution in [0.25, 0.3) is 0 Å². The first-order chi connectivity index (χ1) is 2.00. The van der Waals surface area contributed by atoms with Gasteiger partial charge in [0.15, 0.2) is 0 Å². The fourth-order valence-corrected chi connectivity index (χ4v) is 0. The van der Waals surface area contributed by atoms with Gasteiger partial charge in [0.1, 0.15) is 0 Å². The Morgan fingerprint density at radius 3 is 0.625 bits per heavy atom. The Balaban J connectivity index is -0.00000000167. The Labute approximate surface area is 79.8 Å². The Morgan fingerprint density at radius 2 is 0.625 bits per heavy atom. The Morgan fingerprint density at radius 1 is 0.625 bits per heavy atom. The van der Waals surface area contributed by atoms with E-state index in [0.29, 0.717) is 0 Å². The fourth-order valence-electron chi connectivity index (χ4n) is 0. The van der Waals surface area contributed by atoms with Crippen molar-refractivity contribution in [1.29, 1.82) is 0 Å². The van der Waals surface area contributed by atoms with Crippen LogP contribution < -0.4 is 37.2 Å². The van der Waals surface area contributed by atoms with Crippen molar-refractivity contribution in [2.45, 2.75) is 0 Å². The molecule has 0 saturated carbocycles. The van der Waals surface area contributed by atoms with Crippen LogP contribution in [0.5, 0.6) is 0 Å². The second kappa shape index (κ2) is 527. The number of rotatable bonds is 0. The molecule has 0 aliphatic carbocycles. The first-order valence-corrected chi connectivity index (χ1v) is 0.408. The van der Waals surface area contributed by atoms with Gasteiger partial charge < -0.3 is 37.2 Å². The van der Waals surface area contributed by atoms with Crippen molar-refractivity contribution < 1.29 is 66.3 Å². The Hall–Kier alpha value is 0.833. The molecular formula is C2Cl3O2Rh. The second-order valence-electron chi connectivity index (χ2n) is 0. The molecule has 0 bridgehead atoms. The summed E-state index contributed by atoms with van der Waals surface area (Å²) in [5.41, 5.74) is 0. The Bertz CT molecular complexity index is 17.2. The molecule has 0 aromatic heterocycles. The molecule has 8 heavy (non-hydrogen) atoms. The quantitative estimate of drug-likeness (QED) is 0.408. The summed E-state index contributed by atoms with van der Waals surface area (Å²) in [6.07, 6.45) is 0. The van der Waals surface area contributed by atoms with E-state index in [-0.39, 0.29) is 56.7 Å². The molecule has 0 atom stereocenters. The number of hydrogen-bond acceptors (Lipinski definition) is 2. The third-order valence-corrected chi connectivity index (χ3v) is 0. The molecule has 0 aromatic carbocycles. The molecule has 0 fully saturated rings. The van der Waals surface area contributed by atoms with Crippen LogP contribution in [-0.2, 0) is 29.1 Å². The molecule has 0 saturated heterocycles. The van der Waals surface area contributed by atoms with Crippen LogP contribution in [0.4, 0.5) is 0 Å². The molecule has 0 N–H and O–H groups in total. The molecule has 6 heteroatoms. The third-order valence-electron chi connectivity index (χ3n) is 0. The zero-order chi connectivity index (χ0) is 4.00. The van der Waals surface area contributed by atoms with Crippen LogP contribution in [0.2, 0.25) is 0 Å². The first kappa shape index (κ1) is 67.5. The van der Waals surface area contributed by atoms with Gasteiger partial charge in [0, 0.05) is 0 Å². The van der Waals surface area contributed by atoms with Gasteiger partial charge in [0.25, 0.3) is 13.6 Å². The largest absolute Gasteiger partial charge is 3.00 e. The normalized spacial score (nSPS) is 1.00. The molecule has 0 unspecified atom stereocenters. The maximum absolute atomic E-state index is 7.50. The van der Waals surface area contributed by atoms with Gasteiger partial charge in [0.05, 0.1) is 0 Å². The summed E-state index contributed by atoms with van der Waals surface area (Å²) < 4.78 is 0. The molecule has 0 rings (SSSR count). The molecular weight excluding hydrogens is 265 g/mol. The van der Waals surface area contributed by atoms with Gasteiger partial charge in [0.2, 0.25) is 0 Å². The SMILES string of the molecule is [C]=O.[C]=O.[Cl-].[Cl-].[Cl-].[Rh+3]. The van der Waals surface area contributed by atoms with E-state index in [2.05, 4.69) is 13.6 Å². The minimum atomic E-state index is 0. The first-order valence-electron chi connectivity index (χ1n) is 0.408. The average Bonchev–Trinajstić information content (AvgIpc) is 1.50. The van der Waals surface area contributed by atoms with Crippen molar-refractivity contribution in [3.63, 3.8) is 0 Å². The molecule has 0 spiro atoms. The summed E-state index contributed by atoms with van der Waals surface area (Å²) in [6, 6.07) is 0. The van der Waals surface area contributed by atoms with Gasteiger partial charge in [-0.05, 0) is 0 Å². The van der Waals surface area contributed by atoms with Crippen LogP contribution in [0, 0.1) is 0 Å². The maximum Gasteiger partial charge on any atom is 3.00 e. The summed E-state index contributed by atoms with van der Waals surface area (Å²) >= 11 is 0. The van der Waals surface area contributed by atoms with Crippen molar-refractivity contribution in [2.75, 3.05) is 0 Å². The van der Waals surface area contributed by atoms with E-state index in [1.807, 2.05) is 0 Å². The fraction of sp³-hybridized carbons (Fsp3) is 0. The van der Waals surface area contributed by atoms with E-state index in [1.165, 1.54) is 0 Å². The van der Waals surface area contributed by atoms with Crippen molar-refractivity contribution in [1.82, 2.24) is 0 Å². The third kappa shape index (κ3) is 335. The van der Waals surface area contributed by atoms with Gasteiger partial charge in [-0.3, -0.25) is 9.59 Å². The van der Waals surface area contributed by atoms with Crippen LogP contribution >= 0.6 is 0 Å². The van der Waals surface area contributed by atoms with Crippen LogP contribution in [-0.4, -0.2) is 13.6 Å². The minimum absolute atomic E-state index is 0. The molecule has 2 nitrogen and oxygen atoms in total. The summed E-state index contributed by atoms with van der Waals surface area (Å²) in [5.74, 6) is 0. The van der Waals surface area contributed by atoms with E-state index in [1.54, 1.807) is 0 Å². The molecule has 50 valence electrons. The van der Waals surface area contributed by atoms with E-state index in [9.17, 15) is 0 Å². The van der Waals surface area contributed by atoms with Crippen molar-refractivity contribution in [2.24, 2.45) is 0 Å². The molecule has 0 amide bonds. The van der Waals surface area contributed by atoms with E-state index < -0.39 is 0 Å². The molecule has 0 aliphatic rings. The molecule has 0 aromatic rings. The minimum Gasteiger partial charge on any atom is -1.00 e. The monoisotopic (exact) mass is 264 g/mol. The van der Waals surface area contributed by atoms with Gasteiger partial charge in [-0.1, -0.05) is 0 Å². The van der Waals surface area contributed by atoms with E-state index in [4.69, 9.17) is 9.59 Å². The smallest absolute Gasteiger partial charge is 1.00 e.